The molecule has 2 aromatic rings. The lowest BCUT2D eigenvalue weighted by molar-refractivity contribution is 0.305. The Morgan fingerprint density at radius 2 is 2.11 bits per heavy atom. The Morgan fingerprint density at radius 3 is 2.78 bits per heavy atom. The van der Waals surface area contributed by atoms with E-state index in [1.165, 1.54) is 0 Å². The van der Waals surface area contributed by atoms with Crippen molar-refractivity contribution in [1.82, 2.24) is 4.98 Å². The van der Waals surface area contributed by atoms with Crippen LogP contribution in [0.25, 0.3) is 0 Å². The van der Waals surface area contributed by atoms with Gasteiger partial charge in [0.05, 0.1) is 0 Å². The molecule has 1 aromatic carbocycles. The van der Waals surface area contributed by atoms with Crippen LogP contribution in [0.4, 0.5) is 0 Å². The molecule has 0 unspecified atom stereocenters. The van der Waals surface area contributed by atoms with Gasteiger partial charge in [0.15, 0.2) is 0 Å². The van der Waals surface area contributed by atoms with Crippen LogP contribution >= 0.6 is 12.4 Å². The first-order valence-corrected chi connectivity index (χ1v) is 5.22. The summed E-state index contributed by atoms with van der Waals surface area (Å²) in [6, 6.07) is 11.0. The topological polar surface area (TPSA) is 72.0 Å². The van der Waals surface area contributed by atoms with E-state index < -0.39 is 0 Å². The van der Waals surface area contributed by atoms with Crippen LogP contribution in [0.15, 0.2) is 48.8 Å². The van der Waals surface area contributed by atoms with Gasteiger partial charge in [0.2, 0.25) is 0 Å². The molecular weight excluding hydrogens is 250 g/mol. The fourth-order valence-electron chi connectivity index (χ4n) is 1.40. The van der Waals surface area contributed by atoms with Crippen molar-refractivity contribution in [2.24, 2.45) is 5.73 Å². The zero-order valence-electron chi connectivity index (χ0n) is 9.67. The molecule has 0 saturated carbocycles. The van der Waals surface area contributed by atoms with Gasteiger partial charge in [-0.2, -0.15) is 0 Å². The number of benzene rings is 1. The minimum atomic E-state index is 0. The van der Waals surface area contributed by atoms with E-state index in [9.17, 15) is 0 Å². The minimum absolute atomic E-state index is 0. The van der Waals surface area contributed by atoms with Gasteiger partial charge in [0, 0.05) is 23.5 Å². The Kier molecular flexibility index (Phi) is 5.14. The molecule has 4 nitrogen and oxygen atoms in total. The van der Waals surface area contributed by atoms with E-state index in [2.05, 4.69) is 4.98 Å². The number of hydrogen-bond donors (Lipinski definition) is 2. The lowest BCUT2D eigenvalue weighted by atomic mass is 10.2. The summed E-state index contributed by atoms with van der Waals surface area (Å²) >= 11 is 0. The third kappa shape index (κ3) is 3.75. The number of rotatable bonds is 4. The van der Waals surface area contributed by atoms with Gasteiger partial charge in [-0.1, -0.05) is 18.2 Å². The maximum atomic E-state index is 7.34. The molecule has 0 atom stereocenters. The number of hydrogen-bond acceptors (Lipinski definition) is 3. The summed E-state index contributed by atoms with van der Waals surface area (Å²) < 4.78 is 5.59. The molecule has 3 N–H and O–H groups in total. The van der Waals surface area contributed by atoms with E-state index in [0.29, 0.717) is 17.9 Å². The van der Waals surface area contributed by atoms with Gasteiger partial charge in [-0.05, 0) is 18.2 Å². The predicted octanol–water partition coefficient (Wildman–Crippen LogP) is 2.37. The second-order valence-corrected chi connectivity index (χ2v) is 3.59. The van der Waals surface area contributed by atoms with E-state index in [4.69, 9.17) is 15.9 Å². The van der Waals surface area contributed by atoms with Crippen molar-refractivity contribution in [2.45, 2.75) is 6.61 Å². The van der Waals surface area contributed by atoms with Crippen LogP contribution in [0.2, 0.25) is 0 Å². The zero-order valence-corrected chi connectivity index (χ0v) is 10.5. The van der Waals surface area contributed by atoms with Crippen LogP contribution in [-0.4, -0.2) is 10.8 Å². The van der Waals surface area contributed by atoms with Crippen LogP contribution in [0.1, 0.15) is 11.1 Å². The average Bonchev–Trinajstić information content (AvgIpc) is 2.38. The normalized spacial score (nSPS) is 9.33. The second kappa shape index (κ2) is 6.61. The molecule has 0 fully saturated rings. The van der Waals surface area contributed by atoms with Crippen molar-refractivity contribution < 1.29 is 4.74 Å². The van der Waals surface area contributed by atoms with Gasteiger partial charge in [-0.25, -0.2) is 0 Å². The van der Waals surface area contributed by atoms with Crippen LogP contribution < -0.4 is 10.5 Å². The fourth-order valence-corrected chi connectivity index (χ4v) is 1.40. The van der Waals surface area contributed by atoms with Gasteiger partial charge in [-0.15, -0.1) is 12.4 Å². The number of nitrogen functional groups attached to an aromatic ring is 1. The molecule has 0 radical (unpaired) electrons. The van der Waals surface area contributed by atoms with Gasteiger partial charge in [-0.3, -0.25) is 10.4 Å². The van der Waals surface area contributed by atoms with Crippen LogP contribution in [-0.2, 0) is 6.61 Å². The largest absolute Gasteiger partial charge is 0.489 e. The molecule has 94 valence electrons. The van der Waals surface area contributed by atoms with Crippen molar-refractivity contribution >= 4 is 18.2 Å². The first-order valence-electron chi connectivity index (χ1n) is 5.22. The van der Waals surface area contributed by atoms with Gasteiger partial charge in [0.1, 0.15) is 18.2 Å². The van der Waals surface area contributed by atoms with Crippen LogP contribution in [0.3, 0.4) is 0 Å². The van der Waals surface area contributed by atoms with E-state index in [1.807, 2.05) is 24.3 Å². The minimum Gasteiger partial charge on any atom is -0.489 e. The van der Waals surface area contributed by atoms with Crippen LogP contribution in [0, 0.1) is 5.41 Å². The molecule has 1 heterocycles. The maximum Gasteiger partial charge on any atom is 0.122 e. The maximum absolute atomic E-state index is 7.34. The van der Waals surface area contributed by atoms with E-state index >= 15 is 0 Å². The molecular formula is C13H14ClN3O. The highest BCUT2D eigenvalue weighted by molar-refractivity contribution is 5.95. The fraction of sp³-hybridized carbons (Fsp3) is 0.0769. The number of halogens is 1. The molecule has 0 aliphatic heterocycles. The summed E-state index contributed by atoms with van der Waals surface area (Å²) in [4.78, 5) is 4.01. The first-order chi connectivity index (χ1) is 8.25. The molecule has 5 heteroatoms. The van der Waals surface area contributed by atoms with Crippen molar-refractivity contribution in [1.29, 1.82) is 5.41 Å². The highest BCUT2D eigenvalue weighted by atomic mass is 35.5. The second-order valence-electron chi connectivity index (χ2n) is 3.59. The zero-order chi connectivity index (χ0) is 12.1. The van der Waals surface area contributed by atoms with Crippen molar-refractivity contribution in [3.05, 3.63) is 59.9 Å². The number of nitrogens with zero attached hydrogens (tertiary/aromatic N) is 1. The van der Waals surface area contributed by atoms with Crippen molar-refractivity contribution in [2.75, 3.05) is 0 Å². The smallest absolute Gasteiger partial charge is 0.122 e. The lowest BCUT2D eigenvalue weighted by Crippen LogP contribution is -2.10. The molecule has 0 aliphatic carbocycles. The third-order valence-corrected chi connectivity index (χ3v) is 2.27. The summed E-state index contributed by atoms with van der Waals surface area (Å²) in [6.45, 7) is 0.454. The quantitative estimate of drug-likeness (QED) is 0.657. The Morgan fingerprint density at radius 1 is 1.28 bits per heavy atom. The summed E-state index contributed by atoms with van der Waals surface area (Å²) in [5.74, 6) is 0.735. The molecule has 0 saturated heterocycles. The molecule has 1 aromatic heterocycles. The Labute approximate surface area is 112 Å². The number of nitrogens with one attached hydrogen (secondary N) is 1. The highest BCUT2D eigenvalue weighted by Crippen LogP contribution is 2.14. The summed E-state index contributed by atoms with van der Waals surface area (Å²) in [6.07, 6.45) is 3.48. The summed E-state index contributed by atoms with van der Waals surface area (Å²) in [5, 5.41) is 7.34. The molecule has 2 rings (SSSR count). The molecule has 0 aliphatic rings. The standard InChI is InChI=1S/C13H13N3O.ClH/c14-13(15)11-4-1-5-12(7-11)17-9-10-3-2-6-16-8-10;/h1-8H,9H2,(H3,14,15);1H. The number of amidine groups is 1. The average molecular weight is 264 g/mol. The monoisotopic (exact) mass is 263 g/mol. The number of nitrogens with two attached hydrogens (primary N) is 1. The Hall–Kier alpha value is -2.07. The number of ether oxygens (including phenoxy) is 1. The molecule has 0 amide bonds. The number of pyridine rings is 1. The third-order valence-electron chi connectivity index (χ3n) is 2.27. The summed E-state index contributed by atoms with van der Waals surface area (Å²) in [5.41, 5.74) is 7.07. The Balaban J connectivity index is 0.00000162. The van der Waals surface area contributed by atoms with Gasteiger partial charge < -0.3 is 10.5 Å². The predicted molar refractivity (Wildman–Crippen MR) is 73.3 cm³/mol. The van der Waals surface area contributed by atoms with Crippen molar-refractivity contribution in [3.63, 3.8) is 0 Å². The Bertz CT molecular complexity index is 517. The van der Waals surface area contributed by atoms with Gasteiger partial charge in [0.25, 0.3) is 0 Å². The first kappa shape index (κ1) is 14.0. The van der Waals surface area contributed by atoms with Crippen molar-refractivity contribution in [3.8, 4) is 5.75 Å². The highest BCUT2D eigenvalue weighted by Gasteiger charge is 1.99. The molecule has 18 heavy (non-hydrogen) atoms. The molecule has 0 spiro atoms. The number of aromatic nitrogens is 1. The van der Waals surface area contributed by atoms with E-state index in [-0.39, 0.29) is 18.2 Å². The lowest BCUT2D eigenvalue weighted by Gasteiger charge is -2.07. The van der Waals surface area contributed by atoms with Gasteiger partial charge >= 0.3 is 0 Å². The van der Waals surface area contributed by atoms with E-state index in [1.54, 1.807) is 24.5 Å². The summed E-state index contributed by atoms with van der Waals surface area (Å²) in [7, 11) is 0. The van der Waals surface area contributed by atoms with E-state index in [0.717, 1.165) is 5.56 Å². The molecule has 0 bridgehead atoms. The SMILES string of the molecule is Cl.N=C(N)c1cccc(OCc2cccnc2)c1. The van der Waals surface area contributed by atoms with Crippen LogP contribution in [0.5, 0.6) is 5.75 Å².